The molecule has 0 saturated carbocycles. The fourth-order valence-electron chi connectivity index (χ4n) is 4.09. The van der Waals surface area contributed by atoms with Crippen LogP contribution >= 0.6 is 11.8 Å². The summed E-state index contributed by atoms with van der Waals surface area (Å²) >= 11 is 1.96. The number of hydrogen-bond acceptors (Lipinski definition) is 6. The number of methoxy groups -OCH3 is 3. The second kappa shape index (κ2) is 9.83. The number of benzene rings is 2. The molecule has 31 heavy (non-hydrogen) atoms. The summed E-state index contributed by atoms with van der Waals surface area (Å²) in [5, 5.41) is 1.42. The minimum atomic E-state index is -0.233. The van der Waals surface area contributed by atoms with E-state index in [9.17, 15) is 4.39 Å². The van der Waals surface area contributed by atoms with Crippen LogP contribution in [0.25, 0.3) is 11.0 Å². The van der Waals surface area contributed by atoms with E-state index >= 15 is 0 Å². The number of nitrogens with zero attached hydrogens (tertiary/aromatic N) is 1. The third-order valence-corrected chi connectivity index (χ3v) is 7.12. The van der Waals surface area contributed by atoms with Gasteiger partial charge in [-0.3, -0.25) is 4.90 Å². The molecular weight excluding hydrogens is 417 g/mol. The Morgan fingerprint density at radius 2 is 1.77 bits per heavy atom. The predicted molar refractivity (Wildman–Crippen MR) is 122 cm³/mol. The molecule has 0 radical (unpaired) electrons. The Balaban J connectivity index is 1.31. The van der Waals surface area contributed by atoms with Crippen LogP contribution in [0, 0.1) is 5.82 Å². The van der Waals surface area contributed by atoms with Crippen molar-refractivity contribution in [1.82, 2.24) is 4.90 Å². The molecule has 2 heterocycles. The lowest BCUT2D eigenvalue weighted by molar-refractivity contribution is 0.210. The summed E-state index contributed by atoms with van der Waals surface area (Å²) in [5.41, 5.74) is 1.85. The van der Waals surface area contributed by atoms with Gasteiger partial charge < -0.3 is 18.6 Å². The van der Waals surface area contributed by atoms with Crippen LogP contribution in [-0.2, 0) is 12.3 Å². The Bertz CT molecular complexity index is 1030. The number of furan rings is 1. The molecule has 0 atom stereocenters. The van der Waals surface area contributed by atoms with Crippen LogP contribution in [0.2, 0.25) is 0 Å². The maximum absolute atomic E-state index is 13.4. The topological polar surface area (TPSA) is 44.1 Å². The highest BCUT2D eigenvalue weighted by Gasteiger charge is 2.22. The van der Waals surface area contributed by atoms with Crippen LogP contribution in [0.5, 0.6) is 17.2 Å². The van der Waals surface area contributed by atoms with Gasteiger partial charge in [0.2, 0.25) is 5.75 Å². The molecule has 4 rings (SSSR count). The second-order valence-electron chi connectivity index (χ2n) is 7.67. The van der Waals surface area contributed by atoms with Crippen molar-refractivity contribution >= 4 is 22.7 Å². The van der Waals surface area contributed by atoms with Crippen molar-refractivity contribution in [3.05, 3.63) is 53.5 Å². The molecule has 3 aromatic rings. The number of hydrogen-bond donors (Lipinski definition) is 0. The van der Waals surface area contributed by atoms with Gasteiger partial charge in [-0.25, -0.2) is 4.39 Å². The molecule has 0 aliphatic carbocycles. The molecule has 1 aromatic heterocycles. The number of ether oxygens (including phenoxy) is 3. The third-order valence-electron chi connectivity index (χ3n) is 5.70. The molecule has 1 aliphatic rings. The normalized spacial score (nSPS) is 15.4. The lowest BCUT2D eigenvalue weighted by Crippen LogP contribution is -2.34. The SMILES string of the molecule is COc1ccc(CSC2CCN(Cc3cc4cc(F)ccc4o3)CC2)c(OC)c1OC. The van der Waals surface area contributed by atoms with Crippen LogP contribution in [0.15, 0.2) is 40.8 Å². The van der Waals surface area contributed by atoms with Crippen LogP contribution in [0.1, 0.15) is 24.2 Å². The highest BCUT2D eigenvalue weighted by molar-refractivity contribution is 7.99. The highest BCUT2D eigenvalue weighted by Crippen LogP contribution is 2.42. The molecule has 0 bridgehead atoms. The van der Waals surface area contributed by atoms with Crippen molar-refractivity contribution in [3.8, 4) is 17.2 Å². The van der Waals surface area contributed by atoms with Gasteiger partial charge in [-0.15, -0.1) is 0 Å². The Labute approximate surface area is 186 Å². The first-order valence-corrected chi connectivity index (χ1v) is 11.5. The van der Waals surface area contributed by atoms with Gasteiger partial charge in [0.1, 0.15) is 17.2 Å². The van der Waals surface area contributed by atoms with E-state index in [-0.39, 0.29) is 5.82 Å². The van der Waals surface area contributed by atoms with Crippen molar-refractivity contribution in [1.29, 1.82) is 0 Å². The van der Waals surface area contributed by atoms with Gasteiger partial charge in [-0.05, 0) is 56.3 Å². The van der Waals surface area contributed by atoms with Crippen LogP contribution in [0.4, 0.5) is 4.39 Å². The van der Waals surface area contributed by atoms with Crippen molar-refractivity contribution in [2.75, 3.05) is 34.4 Å². The quantitative estimate of drug-likeness (QED) is 0.456. The first-order valence-electron chi connectivity index (χ1n) is 10.4. The van der Waals surface area contributed by atoms with E-state index in [4.69, 9.17) is 18.6 Å². The van der Waals surface area contributed by atoms with E-state index in [1.165, 1.54) is 12.1 Å². The van der Waals surface area contributed by atoms with Crippen LogP contribution < -0.4 is 14.2 Å². The first-order chi connectivity index (χ1) is 15.1. The molecule has 7 heteroatoms. The van der Waals surface area contributed by atoms with Gasteiger partial charge in [-0.2, -0.15) is 11.8 Å². The largest absolute Gasteiger partial charge is 0.493 e. The molecule has 0 spiro atoms. The van der Waals surface area contributed by atoms with E-state index in [2.05, 4.69) is 4.90 Å². The van der Waals surface area contributed by atoms with Crippen LogP contribution in [0.3, 0.4) is 0 Å². The fourth-order valence-corrected chi connectivity index (χ4v) is 5.27. The summed E-state index contributed by atoms with van der Waals surface area (Å²) in [4.78, 5) is 2.40. The lowest BCUT2D eigenvalue weighted by atomic mass is 10.1. The zero-order valence-electron chi connectivity index (χ0n) is 18.2. The van der Waals surface area contributed by atoms with E-state index in [0.29, 0.717) is 16.7 Å². The van der Waals surface area contributed by atoms with Gasteiger partial charge in [-0.1, -0.05) is 6.07 Å². The molecule has 0 amide bonds. The molecule has 1 fully saturated rings. The maximum Gasteiger partial charge on any atom is 0.203 e. The van der Waals surface area contributed by atoms with E-state index in [0.717, 1.165) is 66.3 Å². The van der Waals surface area contributed by atoms with E-state index in [1.807, 2.05) is 30.0 Å². The Kier molecular flexibility index (Phi) is 6.92. The second-order valence-corrected chi connectivity index (χ2v) is 8.96. The zero-order valence-corrected chi connectivity index (χ0v) is 19.0. The number of likely N-dealkylation sites (tertiary alicyclic amines) is 1. The summed E-state index contributed by atoms with van der Waals surface area (Å²) in [6, 6.07) is 10.6. The summed E-state index contributed by atoms with van der Waals surface area (Å²) < 4.78 is 35.7. The van der Waals surface area contributed by atoms with Gasteiger partial charge >= 0.3 is 0 Å². The minimum Gasteiger partial charge on any atom is -0.493 e. The maximum atomic E-state index is 13.4. The molecule has 5 nitrogen and oxygen atoms in total. The summed E-state index contributed by atoms with van der Waals surface area (Å²) in [5.74, 6) is 3.58. The predicted octanol–water partition coefficient (Wildman–Crippen LogP) is 5.50. The third kappa shape index (κ3) is 4.93. The molecule has 166 valence electrons. The summed E-state index contributed by atoms with van der Waals surface area (Å²) in [6.45, 7) is 2.80. The average Bonchev–Trinajstić information content (AvgIpc) is 3.19. The van der Waals surface area contributed by atoms with Crippen molar-refractivity contribution in [2.45, 2.75) is 30.4 Å². The standard InChI is InChI=1S/C24H28FNO4S/c1-27-22-6-4-16(23(28-2)24(22)29-3)15-31-20-8-10-26(11-9-20)14-19-13-17-12-18(25)5-7-21(17)30-19/h4-7,12-13,20H,8-11,14-15H2,1-3H3. The van der Waals surface area contributed by atoms with Gasteiger partial charge in [0.25, 0.3) is 0 Å². The monoisotopic (exact) mass is 445 g/mol. The van der Waals surface area contributed by atoms with E-state index < -0.39 is 0 Å². The Morgan fingerprint density at radius 1 is 1.00 bits per heavy atom. The number of piperidine rings is 1. The van der Waals surface area contributed by atoms with Crippen LogP contribution in [-0.4, -0.2) is 44.6 Å². The minimum absolute atomic E-state index is 0.233. The number of rotatable bonds is 8. The number of halogens is 1. The number of thioether (sulfide) groups is 1. The highest BCUT2D eigenvalue weighted by atomic mass is 32.2. The Morgan fingerprint density at radius 3 is 2.48 bits per heavy atom. The first kappa shape index (κ1) is 21.8. The lowest BCUT2D eigenvalue weighted by Gasteiger charge is -2.31. The van der Waals surface area contributed by atoms with Crippen molar-refractivity contribution < 1.29 is 23.0 Å². The molecular formula is C24H28FNO4S. The molecule has 1 saturated heterocycles. The van der Waals surface area contributed by atoms with E-state index in [1.54, 1.807) is 27.4 Å². The molecule has 0 N–H and O–H groups in total. The molecule has 2 aromatic carbocycles. The average molecular weight is 446 g/mol. The number of fused-ring (bicyclic) bond motifs is 1. The van der Waals surface area contributed by atoms with Gasteiger partial charge in [0, 0.05) is 22.0 Å². The summed E-state index contributed by atoms with van der Waals surface area (Å²) in [7, 11) is 4.92. The van der Waals surface area contributed by atoms with Gasteiger partial charge in [0.15, 0.2) is 11.5 Å². The Hall–Kier alpha value is -2.38. The van der Waals surface area contributed by atoms with Crippen molar-refractivity contribution in [3.63, 3.8) is 0 Å². The fraction of sp³-hybridized carbons (Fsp3) is 0.417. The molecule has 0 unspecified atom stereocenters. The summed E-state index contributed by atoms with van der Waals surface area (Å²) in [6.07, 6.45) is 2.24. The molecule has 1 aliphatic heterocycles. The smallest absolute Gasteiger partial charge is 0.203 e. The zero-order chi connectivity index (χ0) is 21.8. The van der Waals surface area contributed by atoms with Crippen molar-refractivity contribution in [2.24, 2.45) is 0 Å². The van der Waals surface area contributed by atoms with Gasteiger partial charge in [0.05, 0.1) is 27.9 Å².